The molecule has 0 aliphatic carbocycles. The van der Waals surface area contributed by atoms with E-state index in [1.54, 1.807) is 18.2 Å². The summed E-state index contributed by atoms with van der Waals surface area (Å²) in [5.41, 5.74) is 2.28. The summed E-state index contributed by atoms with van der Waals surface area (Å²) in [4.78, 5) is 15.5. The highest BCUT2D eigenvalue weighted by molar-refractivity contribution is 7.88. The fraction of sp³-hybridized carbons (Fsp3) is 0.222. The Morgan fingerprint density at radius 3 is 2.77 bits per heavy atom. The fourth-order valence-electron chi connectivity index (χ4n) is 3.20. The van der Waals surface area contributed by atoms with Crippen LogP contribution in [0, 0.1) is 6.92 Å². The van der Waals surface area contributed by atoms with E-state index < -0.39 is 16.1 Å². The SMILES string of the molecule is Cc1ccc2cc(C3CC(c4ccco4)=NN3S(C)(=O)=O)c(=O)[nH]c2c1. The van der Waals surface area contributed by atoms with E-state index in [1.807, 2.05) is 25.1 Å². The van der Waals surface area contributed by atoms with E-state index in [4.69, 9.17) is 4.42 Å². The number of hydrazone groups is 1. The Kier molecular flexibility index (Phi) is 3.73. The van der Waals surface area contributed by atoms with Crippen molar-refractivity contribution in [2.24, 2.45) is 5.10 Å². The maximum Gasteiger partial charge on any atom is 0.253 e. The van der Waals surface area contributed by atoms with Crippen molar-refractivity contribution >= 4 is 26.6 Å². The molecular formula is C18H17N3O4S. The molecule has 0 spiro atoms. The van der Waals surface area contributed by atoms with Crippen molar-refractivity contribution in [1.82, 2.24) is 9.40 Å². The van der Waals surface area contributed by atoms with Gasteiger partial charge in [-0.2, -0.15) is 9.52 Å². The summed E-state index contributed by atoms with van der Waals surface area (Å²) in [7, 11) is -3.65. The zero-order valence-electron chi connectivity index (χ0n) is 14.3. The third kappa shape index (κ3) is 2.82. The molecule has 0 saturated carbocycles. The maximum absolute atomic E-state index is 12.6. The molecule has 1 aliphatic rings. The number of aryl methyl sites for hydroxylation is 1. The van der Waals surface area contributed by atoms with Gasteiger partial charge < -0.3 is 9.40 Å². The average Bonchev–Trinajstić information content (AvgIpc) is 3.23. The van der Waals surface area contributed by atoms with Crippen LogP contribution in [0.4, 0.5) is 0 Å². The smallest absolute Gasteiger partial charge is 0.253 e. The predicted octanol–water partition coefficient (Wildman–Crippen LogP) is 2.54. The second-order valence-electron chi connectivity index (χ2n) is 6.42. The van der Waals surface area contributed by atoms with Gasteiger partial charge in [0.2, 0.25) is 10.0 Å². The van der Waals surface area contributed by atoms with Gasteiger partial charge in [0.15, 0.2) is 0 Å². The molecule has 0 radical (unpaired) electrons. The molecule has 26 heavy (non-hydrogen) atoms. The fourth-order valence-corrected chi connectivity index (χ4v) is 4.09. The van der Waals surface area contributed by atoms with E-state index in [2.05, 4.69) is 10.1 Å². The van der Waals surface area contributed by atoms with Crippen molar-refractivity contribution in [1.29, 1.82) is 0 Å². The number of nitrogens with zero attached hydrogens (tertiary/aromatic N) is 2. The minimum Gasteiger partial charge on any atom is -0.463 e. The molecule has 1 atom stereocenters. The van der Waals surface area contributed by atoms with E-state index in [0.29, 0.717) is 17.0 Å². The number of rotatable bonds is 3. The minimum atomic E-state index is -3.65. The molecule has 0 saturated heterocycles. The zero-order chi connectivity index (χ0) is 18.5. The molecule has 1 unspecified atom stereocenters. The molecule has 2 aromatic heterocycles. The van der Waals surface area contributed by atoms with Gasteiger partial charge in [0, 0.05) is 17.5 Å². The van der Waals surface area contributed by atoms with Gasteiger partial charge in [-0.25, -0.2) is 8.42 Å². The maximum atomic E-state index is 12.6. The number of benzene rings is 1. The van der Waals surface area contributed by atoms with Gasteiger partial charge in [-0.05, 0) is 42.1 Å². The monoisotopic (exact) mass is 371 g/mol. The molecule has 1 N–H and O–H groups in total. The van der Waals surface area contributed by atoms with E-state index in [-0.39, 0.29) is 12.0 Å². The number of hydrogen-bond acceptors (Lipinski definition) is 5. The van der Waals surface area contributed by atoms with E-state index in [0.717, 1.165) is 27.1 Å². The Bertz CT molecular complexity index is 1180. The highest BCUT2D eigenvalue weighted by Crippen LogP contribution is 2.34. The van der Waals surface area contributed by atoms with Crippen molar-refractivity contribution < 1.29 is 12.8 Å². The largest absolute Gasteiger partial charge is 0.463 e. The first-order valence-corrected chi connectivity index (χ1v) is 9.92. The van der Waals surface area contributed by atoms with Crippen molar-refractivity contribution in [2.45, 2.75) is 19.4 Å². The quantitative estimate of drug-likeness (QED) is 0.765. The molecule has 0 amide bonds. The van der Waals surface area contributed by atoms with Crippen molar-refractivity contribution in [3.05, 3.63) is 69.9 Å². The lowest BCUT2D eigenvalue weighted by Gasteiger charge is -2.21. The van der Waals surface area contributed by atoms with Gasteiger partial charge in [-0.3, -0.25) is 4.79 Å². The third-order valence-corrected chi connectivity index (χ3v) is 5.42. The molecular weight excluding hydrogens is 354 g/mol. The standard InChI is InChI=1S/C18H17N3O4S/c1-11-5-6-12-9-13(18(22)19-14(12)8-11)16-10-15(17-4-3-7-25-17)20-21(16)26(2,23)24/h3-9,16H,10H2,1-2H3,(H,19,22). The Morgan fingerprint density at radius 2 is 2.08 bits per heavy atom. The second kappa shape index (κ2) is 5.84. The Labute approximate surface area is 150 Å². The van der Waals surface area contributed by atoms with E-state index >= 15 is 0 Å². The summed E-state index contributed by atoms with van der Waals surface area (Å²) in [5.74, 6) is 0.494. The van der Waals surface area contributed by atoms with Gasteiger partial charge in [0.1, 0.15) is 11.5 Å². The van der Waals surface area contributed by atoms with Gasteiger partial charge in [0.25, 0.3) is 5.56 Å². The third-order valence-electron chi connectivity index (χ3n) is 4.41. The Balaban J connectivity index is 1.84. The van der Waals surface area contributed by atoms with Crippen LogP contribution in [0.2, 0.25) is 0 Å². The van der Waals surface area contributed by atoms with Gasteiger partial charge in [0.05, 0.1) is 18.6 Å². The van der Waals surface area contributed by atoms with Crippen LogP contribution in [-0.2, 0) is 10.0 Å². The first-order chi connectivity index (χ1) is 12.3. The summed E-state index contributed by atoms with van der Waals surface area (Å²) in [6.07, 6.45) is 2.84. The summed E-state index contributed by atoms with van der Waals surface area (Å²) in [5, 5.41) is 5.05. The molecule has 3 aromatic rings. The molecule has 0 bridgehead atoms. The van der Waals surface area contributed by atoms with Crippen LogP contribution in [0.1, 0.15) is 29.3 Å². The van der Waals surface area contributed by atoms with Crippen LogP contribution in [-0.4, -0.2) is 29.8 Å². The molecule has 4 rings (SSSR count). The molecule has 3 heterocycles. The summed E-state index contributed by atoms with van der Waals surface area (Å²) < 4.78 is 30.8. The normalized spacial score (nSPS) is 17.7. The first-order valence-electron chi connectivity index (χ1n) is 8.07. The van der Waals surface area contributed by atoms with Crippen molar-refractivity contribution in [3.8, 4) is 0 Å². The van der Waals surface area contributed by atoms with Crippen LogP contribution < -0.4 is 5.56 Å². The molecule has 134 valence electrons. The van der Waals surface area contributed by atoms with Crippen LogP contribution in [0.5, 0.6) is 0 Å². The van der Waals surface area contributed by atoms with Crippen molar-refractivity contribution in [2.75, 3.05) is 6.26 Å². The van der Waals surface area contributed by atoms with Crippen molar-refractivity contribution in [3.63, 3.8) is 0 Å². The number of sulfonamides is 1. The molecule has 1 aromatic carbocycles. The Morgan fingerprint density at radius 1 is 1.27 bits per heavy atom. The highest BCUT2D eigenvalue weighted by Gasteiger charge is 2.36. The van der Waals surface area contributed by atoms with Crippen LogP contribution >= 0.6 is 0 Å². The number of pyridine rings is 1. The number of H-pyrrole nitrogens is 1. The number of fused-ring (bicyclic) bond motifs is 1. The summed E-state index contributed by atoms with van der Waals surface area (Å²) in [6.45, 7) is 1.94. The zero-order valence-corrected chi connectivity index (χ0v) is 15.1. The van der Waals surface area contributed by atoms with Crippen LogP contribution in [0.15, 0.2) is 57.0 Å². The molecule has 8 heteroatoms. The number of hydrogen-bond donors (Lipinski definition) is 1. The molecule has 0 fully saturated rings. The summed E-state index contributed by atoms with van der Waals surface area (Å²) >= 11 is 0. The molecule has 7 nitrogen and oxygen atoms in total. The minimum absolute atomic E-state index is 0.265. The van der Waals surface area contributed by atoms with Gasteiger partial charge in [-0.15, -0.1) is 0 Å². The first kappa shape index (κ1) is 16.6. The average molecular weight is 371 g/mol. The lowest BCUT2D eigenvalue weighted by atomic mass is 10.0. The van der Waals surface area contributed by atoms with Crippen LogP contribution in [0.25, 0.3) is 10.9 Å². The lowest BCUT2D eigenvalue weighted by Crippen LogP contribution is -2.30. The number of nitrogens with one attached hydrogen (secondary N) is 1. The number of furan rings is 1. The van der Waals surface area contributed by atoms with E-state index in [1.165, 1.54) is 6.26 Å². The second-order valence-corrected chi connectivity index (χ2v) is 8.26. The molecule has 1 aliphatic heterocycles. The highest BCUT2D eigenvalue weighted by atomic mass is 32.2. The Hall–Kier alpha value is -2.87. The topological polar surface area (TPSA) is 95.7 Å². The predicted molar refractivity (Wildman–Crippen MR) is 98.6 cm³/mol. The lowest BCUT2D eigenvalue weighted by molar-refractivity contribution is 0.373. The van der Waals surface area contributed by atoms with Gasteiger partial charge >= 0.3 is 0 Å². The van der Waals surface area contributed by atoms with Crippen LogP contribution in [0.3, 0.4) is 0 Å². The summed E-state index contributed by atoms with van der Waals surface area (Å²) in [6, 6.07) is 10.2. The number of aromatic amines is 1. The number of aromatic nitrogens is 1. The van der Waals surface area contributed by atoms with Gasteiger partial charge in [-0.1, -0.05) is 12.1 Å². The van der Waals surface area contributed by atoms with E-state index in [9.17, 15) is 13.2 Å².